The second-order valence-corrected chi connectivity index (χ2v) is 6.65. The van der Waals surface area contributed by atoms with E-state index in [1.165, 1.54) is 9.12 Å². The maximum Gasteiger partial charge on any atom is 0.428 e. The minimum atomic E-state index is -4.58. The molecule has 0 N–H and O–H groups in total. The SMILES string of the molecule is CC(OC=O)(C1CCc2ccn(SI)c2C1)C(F)(F)F. The summed E-state index contributed by atoms with van der Waals surface area (Å²) in [4.78, 5) is 10.5. The van der Waals surface area contributed by atoms with E-state index in [0.717, 1.165) is 18.2 Å². The molecule has 0 fully saturated rings. The number of halogens is 4. The highest BCUT2D eigenvalue weighted by Crippen LogP contribution is 2.45. The first-order valence-electron chi connectivity index (χ1n) is 6.00. The highest BCUT2D eigenvalue weighted by Gasteiger charge is 2.58. The van der Waals surface area contributed by atoms with E-state index < -0.39 is 17.7 Å². The van der Waals surface area contributed by atoms with Crippen molar-refractivity contribution in [2.75, 3.05) is 0 Å². The third-order valence-electron chi connectivity index (χ3n) is 3.96. The number of aryl methyl sites for hydroxylation is 1. The lowest BCUT2D eigenvalue weighted by Crippen LogP contribution is -2.52. The van der Waals surface area contributed by atoms with Crippen LogP contribution in [0.2, 0.25) is 0 Å². The summed E-state index contributed by atoms with van der Waals surface area (Å²) in [6.07, 6.45) is -1.55. The number of ether oxygens (including phenoxy) is 1. The van der Waals surface area contributed by atoms with Crippen LogP contribution in [0.1, 0.15) is 24.6 Å². The number of fused-ring (bicyclic) bond motifs is 1. The van der Waals surface area contributed by atoms with Crippen LogP contribution < -0.4 is 0 Å². The van der Waals surface area contributed by atoms with Gasteiger partial charge < -0.3 is 4.74 Å². The zero-order valence-electron chi connectivity index (χ0n) is 10.6. The molecule has 0 aliphatic heterocycles. The van der Waals surface area contributed by atoms with Crippen LogP contribution in [0.4, 0.5) is 13.2 Å². The van der Waals surface area contributed by atoms with Gasteiger partial charge in [0, 0.05) is 48.1 Å². The lowest BCUT2D eigenvalue weighted by molar-refractivity contribution is -0.277. The van der Waals surface area contributed by atoms with Crippen LogP contribution in [0.25, 0.3) is 0 Å². The molecule has 8 heteroatoms. The number of carbonyl (C=O) groups is 1. The molecule has 2 rings (SSSR count). The number of aromatic nitrogens is 1. The topological polar surface area (TPSA) is 31.2 Å². The van der Waals surface area contributed by atoms with Gasteiger partial charge in [-0.25, -0.2) is 0 Å². The lowest BCUT2D eigenvalue weighted by Gasteiger charge is -2.39. The van der Waals surface area contributed by atoms with Crippen molar-refractivity contribution in [3.63, 3.8) is 0 Å². The largest absolute Gasteiger partial charge is 0.452 e. The van der Waals surface area contributed by atoms with Crippen molar-refractivity contribution in [3.8, 4) is 0 Å². The van der Waals surface area contributed by atoms with Gasteiger partial charge in [0.15, 0.2) is 0 Å². The molecule has 0 bridgehead atoms. The van der Waals surface area contributed by atoms with Gasteiger partial charge in [-0.05, 0) is 37.8 Å². The van der Waals surface area contributed by atoms with Gasteiger partial charge in [-0.2, -0.15) is 13.2 Å². The van der Waals surface area contributed by atoms with E-state index in [1.807, 2.05) is 16.2 Å². The van der Waals surface area contributed by atoms with Crippen LogP contribution in [0.5, 0.6) is 0 Å². The average Bonchev–Trinajstić information content (AvgIpc) is 2.79. The molecule has 2 atom stereocenters. The van der Waals surface area contributed by atoms with Gasteiger partial charge >= 0.3 is 6.18 Å². The molecule has 0 saturated heterocycles. The van der Waals surface area contributed by atoms with Crippen LogP contribution in [0, 0.1) is 5.92 Å². The Bertz CT molecular complexity index is 492. The van der Waals surface area contributed by atoms with Crippen molar-refractivity contribution in [2.45, 2.75) is 38.0 Å². The van der Waals surface area contributed by atoms with Crippen molar-refractivity contribution in [1.29, 1.82) is 0 Å². The Labute approximate surface area is 131 Å². The quantitative estimate of drug-likeness (QED) is 0.548. The maximum absolute atomic E-state index is 13.3. The van der Waals surface area contributed by atoms with Gasteiger partial charge in [0.2, 0.25) is 5.60 Å². The van der Waals surface area contributed by atoms with E-state index in [-0.39, 0.29) is 12.9 Å². The lowest BCUT2D eigenvalue weighted by atomic mass is 9.77. The van der Waals surface area contributed by atoms with Crippen molar-refractivity contribution in [1.82, 2.24) is 3.97 Å². The second kappa shape index (κ2) is 5.78. The highest BCUT2D eigenvalue weighted by molar-refractivity contribution is 14.2. The van der Waals surface area contributed by atoms with Gasteiger partial charge in [0.25, 0.3) is 6.47 Å². The predicted octanol–water partition coefficient (Wildman–Crippen LogP) is 3.93. The highest BCUT2D eigenvalue weighted by atomic mass is 127. The average molecular weight is 419 g/mol. The Morgan fingerprint density at radius 2 is 2.25 bits per heavy atom. The maximum atomic E-state index is 13.3. The Kier molecular flexibility index (Phi) is 4.63. The minimum Gasteiger partial charge on any atom is -0.452 e. The van der Waals surface area contributed by atoms with Crippen molar-refractivity contribution in [2.24, 2.45) is 5.92 Å². The van der Waals surface area contributed by atoms with E-state index in [1.54, 1.807) is 0 Å². The number of hydrogen-bond donors (Lipinski definition) is 0. The molecular weight excluding hydrogens is 406 g/mol. The van der Waals surface area contributed by atoms with Crippen molar-refractivity contribution >= 4 is 36.8 Å². The second-order valence-electron chi connectivity index (χ2n) is 4.94. The third-order valence-corrected chi connectivity index (χ3v) is 5.72. The molecule has 0 saturated carbocycles. The predicted molar refractivity (Wildman–Crippen MR) is 78.6 cm³/mol. The van der Waals surface area contributed by atoms with Crippen LogP contribution in [0.3, 0.4) is 0 Å². The fraction of sp³-hybridized carbons (Fsp3) is 0.583. The molecule has 1 aliphatic carbocycles. The standard InChI is InChI=1S/C12H13F3INO2S/c1-11(19-7-18,12(13,14)15)9-3-2-8-4-5-17(20-16)10(8)6-9/h4-5,7,9H,2-3,6H2,1H3. The summed E-state index contributed by atoms with van der Waals surface area (Å²) in [7, 11) is 1.42. The molecule has 1 heterocycles. The van der Waals surface area contributed by atoms with E-state index in [9.17, 15) is 18.0 Å². The number of carbonyl (C=O) groups excluding carboxylic acids is 1. The summed E-state index contributed by atoms with van der Waals surface area (Å²) in [5.74, 6) is -0.766. The Balaban J connectivity index is 2.32. The summed E-state index contributed by atoms with van der Waals surface area (Å²) >= 11 is 2.09. The molecule has 0 spiro atoms. The van der Waals surface area contributed by atoms with Crippen LogP contribution in [-0.2, 0) is 22.4 Å². The summed E-state index contributed by atoms with van der Waals surface area (Å²) in [5, 5.41) is 0. The van der Waals surface area contributed by atoms with Crippen LogP contribution >= 0.6 is 30.3 Å². The zero-order chi connectivity index (χ0) is 15.0. The van der Waals surface area contributed by atoms with Crippen LogP contribution in [0.15, 0.2) is 12.3 Å². The number of hydrogen-bond acceptors (Lipinski definition) is 3. The molecule has 0 amide bonds. The molecule has 1 aromatic heterocycles. The zero-order valence-corrected chi connectivity index (χ0v) is 13.6. The van der Waals surface area contributed by atoms with Gasteiger partial charge in [-0.1, -0.05) is 0 Å². The minimum absolute atomic E-state index is 0.102. The molecule has 0 radical (unpaired) electrons. The number of nitrogens with zero attached hydrogens (tertiary/aromatic N) is 1. The Hall–Kier alpha value is -0.380. The van der Waals surface area contributed by atoms with E-state index in [0.29, 0.717) is 12.8 Å². The van der Waals surface area contributed by atoms with Gasteiger partial charge in [0.1, 0.15) is 0 Å². The Morgan fingerprint density at radius 3 is 2.80 bits per heavy atom. The summed E-state index contributed by atoms with van der Waals surface area (Å²) in [6, 6.07) is 1.93. The molecule has 1 aromatic rings. The summed E-state index contributed by atoms with van der Waals surface area (Å²) < 4.78 is 46.1. The van der Waals surface area contributed by atoms with Gasteiger partial charge in [0.05, 0.1) is 0 Å². The third kappa shape index (κ3) is 2.68. The molecular formula is C12H13F3INO2S. The summed E-state index contributed by atoms with van der Waals surface area (Å²) in [6.45, 7) is 0.858. The van der Waals surface area contributed by atoms with E-state index >= 15 is 0 Å². The molecule has 1 aliphatic rings. The fourth-order valence-corrected chi connectivity index (χ4v) is 4.12. The first-order chi connectivity index (χ1) is 9.33. The molecule has 112 valence electrons. The molecule has 2 unspecified atom stereocenters. The fourth-order valence-electron chi connectivity index (χ4n) is 2.63. The van der Waals surface area contributed by atoms with Gasteiger partial charge in [-0.15, -0.1) is 0 Å². The van der Waals surface area contributed by atoms with E-state index in [2.05, 4.69) is 25.9 Å². The first-order valence-corrected chi connectivity index (χ1v) is 9.31. The van der Waals surface area contributed by atoms with Crippen molar-refractivity contribution in [3.05, 3.63) is 23.5 Å². The monoisotopic (exact) mass is 419 g/mol. The smallest absolute Gasteiger partial charge is 0.428 e. The van der Waals surface area contributed by atoms with Crippen molar-refractivity contribution < 1.29 is 22.7 Å². The first kappa shape index (κ1) is 16.0. The molecule has 3 nitrogen and oxygen atoms in total. The molecule has 0 aromatic carbocycles. The van der Waals surface area contributed by atoms with Gasteiger partial charge in [-0.3, -0.25) is 8.77 Å². The summed E-state index contributed by atoms with van der Waals surface area (Å²) in [5.41, 5.74) is -0.482. The van der Waals surface area contributed by atoms with Crippen LogP contribution in [-0.4, -0.2) is 22.2 Å². The Morgan fingerprint density at radius 1 is 1.55 bits per heavy atom. The number of alkyl halides is 3. The molecule has 20 heavy (non-hydrogen) atoms. The number of rotatable bonds is 4. The normalized spacial score (nSPS) is 21.9. The van der Waals surface area contributed by atoms with E-state index in [4.69, 9.17) is 0 Å².